The van der Waals surface area contributed by atoms with Gasteiger partial charge in [-0.3, -0.25) is 4.79 Å². The number of nitrogens with zero attached hydrogens (tertiary/aromatic N) is 2. The fraction of sp³-hybridized carbons (Fsp3) is 0.111. The number of ether oxygens (including phenoxy) is 1. The molecule has 1 N–H and O–H groups in total. The zero-order valence-electron chi connectivity index (χ0n) is 13.6. The van der Waals surface area contributed by atoms with Crippen molar-refractivity contribution in [1.82, 2.24) is 10.2 Å². The van der Waals surface area contributed by atoms with Crippen molar-refractivity contribution in [2.24, 2.45) is 0 Å². The molecule has 3 rings (SSSR count). The molecule has 0 saturated heterocycles. The lowest BCUT2D eigenvalue weighted by molar-refractivity contribution is 0.0600. The number of carbonyl (C=O) groups is 2. The summed E-state index contributed by atoms with van der Waals surface area (Å²) in [6.07, 6.45) is 0. The van der Waals surface area contributed by atoms with Crippen LogP contribution in [0.5, 0.6) is 0 Å². The van der Waals surface area contributed by atoms with Crippen LogP contribution in [0.3, 0.4) is 0 Å². The summed E-state index contributed by atoms with van der Waals surface area (Å²) in [6, 6.07) is 13.9. The second-order valence-electron chi connectivity index (χ2n) is 5.30. The Hall–Kier alpha value is -3.48. The minimum atomic E-state index is -0.562. The van der Waals surface area contributed by atoms with Crippen LogP contribution in [0.15, 0.2) is 52.9 Å². The molecule has 0 aliphatic heterocycles. The second-order valence-corrected chi connectivity index (χ2v) is 5.30. The standard InChI is InChI=1S/C18H15N3O4/c1-11-6-8-12(9-7-11)16-20-21-17(25-16)15(22)19-14-5-3-4-13(10-14)18(23)24-2/h3-10H,1-2H3,(H,19,22). The first kappa shape index (κ1) is 16.4. The first-order valence-electron chi connectivity index (χ1n) is 7.47. The molecule has 7 nitrogen and oxygen atoms in total. The zero-order chi connectivity index (χ0) is 17.8. The fourth-order valence-corrected chi connectivity index (χ4v) is 2.15. The number of amides is 1. The van der Waals surface area contributed by atoms with Crippen LogP contribution in [0.2, 0.25) is 0 Å². The van der Waals surface area contributed by atoms with E-state index in [9.17, 15) is 9.59 Å². The van der Waals surface area contributed by atoms with Crippen molar-refractivity contribution in [3.05, 3.63) is 65.5 Å². The molecule has 0 radical (unpaired) electrons. The lowest BCUT2D eigenvalue weighted by atomic mass is 10.1. The molecule has 0 spiro atoms. The van der Waals surface area contributed by atoms with Crippen molar-refractivity contribution in [2.75, 3.05) is 12.4 Å². The van der Waals surface area contributed by atoms with Gasteiger partial charge in [0.1, 0.15) is 0 Å². The predicted molar refractivity (Wildman–Crippen MR) is 90.2 cm³/mol. The summed E-state index contributed by atoms with van der Waals surface area (Å²) >= 11 is 0. The van der Waals surface area contributed by atoms with Gasteiger partial charge in [0.2, 0.25) is 5.89 Å². The largest absolute Gasteiger partial charge is 0.465 e. The summed E-state index contributed by atoms with van der Waals surface area (Å²) in [5.74, 6) is -0.962. The quantitative estimate of drug-likeness (QED) is 0.735. The van der Waals surface area contributed by atoms with Gasteiger partial charge in [0.05, 0.1) is 12.7 Å². The van der Waals surface area contributed by atoms with E-state index in [1.165, 1.54) is 13.2 Å². The van der Waals surface area contributed by atoms with Gasteiger partial charge < -0.3 is 14.5 Å². The SMILES string of the molecule is COC(=O)c1cccc(NC(=O)c2nnc(-c3ccc(C)cc3)o2)c1. The van der Waals surface area contributed by atoms with Crippen LogP contribution >= 0.6 is 0 Å². The Kier molecular flexibility index (Phi) is 4.56. The average Bonchev–Trinajstić information content (AvgIpc) is 3.12. The third kappa shape index (κ3) is 3.72. The van der Waals surface area contributed by atoms with Crippen LogP contribution < -0.4 is 5.32 Å². The molecule has 0 aliphatic rings. The Labute approximate surface area is 143 Å². The summed E-state index contributed by atoms with van der Waals surface area (Å²) in [5.41, 5.74) is 2.57. The predicted octanol–water partition coefficient (Wildman–Crippen LogP) is 3.08. The third-order valence-corrected chi connectivity index (χ3v) is 3.46. The fourth-order valence-electron chi connectivity index (χ4n) is 2.15. The minimum Gasteiger partial charge on any atom is -0.465 e. The maximum Gasteiger partial charge on any atom is 0.337 e. The van der Waals surface area contributed by atoms with Crippen LogP contribution in [0.4, 0.5) is 5.69 Å². The molecular weight excluding hydrogens is 322 g/mol. The van der Waals surface area contributed by atoms with Crippen LogP contribution in [0.1, 0.15) is 26.6 Å². The molecule has 7 heteroatoms. The molecule has 126 valence electrons. The van der Waals surface area contributed by atoms with E-state index >= 15 is 0 Å². The molecule has 0 bridgehead atoms. The molecule has 0 unspecified atom stereocenters. The maximum atomic E-state index is 12.2. The molecule has 1 amide bonds. The molecule has 1 aromatic heterocycles. The highest BCUT2D eigenvalue weighted by atomic mass is 16.5. The zero-order valence-corrected chi connectivity index (χ0v) is 13.6. The van der Waals surface area contributed by atoms with E-state index in [0.717, 1.165) is 11.1 Å². The highest BCUT2D eigenvalue weighted by Gasteiger charge is 2.16. The van der Waals surface area contributed by atoms with E-state index in [-0.39, 0.29) is 11.8 Å². The average molecular weight is 337 g/mol. The topological polar surface area (TPSA) is 94.3 Å². The molecule has 0 fully saturated rings. The number of nitrogens with one attached hydrogen (secondary N) is 1. The summed E-state index contributed by atoms with van der Waals surface area (Å²) in [6.45, 7) is 1.97. The number of methoxy groups -OCH3 is 1. The van der Waals surface area contributed by atoms with Gasteiger partial charge in [0, 0.05) is 11.3 Å². The molecule has 3 aromatic rings. The number of aromatic nitrogens is 2. The number of rotatable bonds is 4. The number of benzene rings is 2. The van der Waals surface area contributed by atoms with Gasteiger partial charge in [-0.25, -0.2) is 4.79 Å². The molecule has 0 aliphatic carbocycles. The summed E-state index contributed by atoms with van der Waals surface area (Å²) in [7, 11) is 1.29. The van der Waals surface area contributed by atoms with Crippen molar-refractivity contribution in [1.29, 1.82) is 0 Å². The van der Waals surface area contributed by atoms with Crippen LogP contribution in [0.25, 0.3) is 11.5 Å². The second kappa shape index (κ2) is 6.96. The molecule has 0 atom stereocenters. The normalized spacial score (nSPS) is 10.3. The van der Waals surface area contributed by atoms with Crippen LogP contribution in [-0.2, 0) is 4.74 Å². The Balaban J connectivity index is 1.76. The van der Waals surface area contributed by atoms with Crippen molar-refractivity contribution in [3.63, 3.8) is 0 Å². The van der Waals surface area contributed by atoms with E-state index < -0.39 is 11.9 Å². The summed E-state index contributed by atoms with van der Waals surface area (Å²) in [5, 5.41) is 10.3. The Bertz CT molecular complexity index is 916. The van der Waals surface area contributed by atoms with Gasteiger partial charge in [-0.2, -0.15) is 0 Å². The van der Waals surface area contributed by atoms with Gasteiger partial charge >= 0.3 is 17.8 Å². The van der Waals surface area contributed by atoms with Crippen molar-refractivity contribution in [3.8, 4) is 11.5 Å². The maximum absolute atomic E-state index is 12.2. The number of esters is 1. The van der Waals surface area contributed by atoms with Crippen LogP contribution in [-0.4, -0.2) is 29.2 Å². The van der Waals surface area contributed by atoms with Gasteiger partial charge in [0.15, 0.2) is 0 Å². The number of aryl methyl sites for hydroxylation is 1. The number of hydrogen-bond acceptors (Lipinski definition) is 6. The molecule has 2 aromatic carbocycles. The number of hydrogen-bond donors (Lipinski definition) is 1. The van der Waals surface area contributed by atoms with Crippen molar-refractivity contribution < 1.29 is 18.7 Å². The first-order valence-corrected chi connectivity index (χ1v) is 7.47. The van der Waals surface area contributed by atoms with E-state index in [1.54, 1.807) is 18.2 Å². The van der Waals surface area contributed by atoms with E-state index in [2.05, 4.69) is 20.3 Å². The lowest BCUT2D eigenvalue weighted by Gasteiger charge is -2.04. The lowest BCUT2D eigenvalue weighted by Crippen LogP contribution is -2.13. The number of anilines is 1. The summed E-state index contributed by atoms with van der Waals surface area (Å²) in [4.78, 5) is 23.8. The first-order chi connectivity index (χ1) is 12.1. The highest BCUT2D eigenvalue weighted by molar-refractivity contribution is 6.01. The molecule has 25 heavy (non-hydrogen) atoms. The Morgan fingerprint density at radius 3 is 2.56 bits per heavy atom. The highest BCUT2D eigenvalue weighted by Crippen LogP contribution is 2.19. The minimum absolute atomic E-state index is 0.168. The molecule has 0 saturated carbocycles. The number of carbonyl (C=O) groups excluding carboxylic acids is 2. The van der Waals surface area contributed by atoms with Gasteiger partial charge in [0.25, 0.3) is 0 Å². The Morgan fingerprint density at radius 2 is 1.84 bits per heavy atom. The van der Waals surface area contributed by atoms with E-state index in [1.807, 2.05) is 31.2 Å². The monoisotopic (exact) mass is 337 g/mol. The third-order valence-electron chi connectivity index (χ3n) is 3.46. The van der Waals surface area contributed by atoms with Crippen molar-refractivity contribution in [2.45, 2.75) is 6.92 Å². The molecular formula is C18H15N3O4. The smallest absolute Gasteiger partial charge is 0.337 e. The van der Waals surface area contributed by atoms with Crippen LogP contribution in [0, 0.1) is 6.92 Å². The van der Waals surface area contributed by atoms with Gasteiger partial charge in [-0.05, 0) is 37.3 Å². The van der Waals surface area contributed by atoms with E-state index in [4.69, 9.17) is 4.42 Å². The van der Waals surface area contributed by atoms with E-state index in [0.29, 0.717) is 11.3 Å². The Morgan fingerprint density at radius 1 is 1.08 bits per heavy atom. The van der Waals surface area contributed by atoms with Gasteiger partial charge in [-0.1, -0.05) is 23.8 Å². The van der Waals surface area contributed by atoms with Crippen molar-refractivity contribution >= 4 is 17.6 Å². The van der Waals surface area contributed by atoms with Gasteiger partial charge in [-0.15, -0.1) is 10.2 Å². The summed E-state index contributed by atoms with van der Waals surface area (Å²) < 4.78 is 10.1. The molecule has 1 heterocycles.